The Morgan fingerprint density at radius 3 is 2.73 bits per heavy atom. The Labute approximate surface area is 125 Å². The van der Waals surface area contributed by atoms with Crippen molar-refractivity contribution in [3.05, 3.63) is 42.2 Å². The summed E-state index contributed by atoms with van der Waals surface area (Å²) in [5, 5.41) is 0.500. The molecule has 0 spiro atoms. The summed E-state index contributed by atoms with van der Waals surface area (Å²) in [4.78, 5) is 3.27. The van der Waals surface area contributed by atoms with E-state index in [-0.39, 0.29) is 4.90 Å². The highest BCUT2D eigenvalue weighted by molar-refractivity contribution is 7.93. The number of benzene rings is 2. The van der Waals surface area contributed by atoms with Gasteiger partial charge in [-0.2, -0.15) is 0 Å². The van der Waals surface area contributed by atoms with E-state index in [1.807, 2.05) is 0 Å². The number of sulfonamides is 1. The Morgan fingerprint density at radius 2 is 1.95 bits per heavy atom. The standard InChI is InChI=1S/C15H11FN2O3S/c1-21-9-3-4-10-13(7-9)22(19,20)18-15-11-6-8(16)2-5-12(11)17-14(10)15/h2-7,17-18H,1H3. The summed E-state index contributed by atoms with van der Waals surface area (Å²) in [5.41, 5.74) is 2.18. The fraction of sp³-hybridized carbons (Fsp3) is 0.0667. The molecule has 0 saturated heterocycles. The molecule has 2 aromatic carbocycles. The van der Waals surface area contributed by atoms with Gasteiger partial charge in [-0.3, -0.25) is 4.72 Å². The molecule has 0 bridgehead atoms. The van der Waals surface area contributed by atoms with E-state index in [4.69, 9.17) is 4.74 Å². The first-order chi connectivity index (χ1) is 10.5. The number of nitrogens with one attached hydrogen (secondary N) is 2. The van der Waals surface area contributed by atoms with Crippen LogP contribution < -0.4 is 9.46 Å². The van der Waals surface area contributed by atoms with E-state index in [1.54, 1.807) is 18.2 Å². The Balaban J connectivity index is 2.10. The van der Waals surface area contributed by atoms with E-state index in [0.29, 0.717) is 33.6 Å². The predicted molar refractivity (Wildman–Crippen MR) is 81.1 cm³/mol. The van der Waals surface area contributed by atoms with Crippen LogP contribution in [0.4, 0.5) is 10.1 Å². The molecule has 0 radical (unpaired) electrons. The van der Waals surface area contributed by atoms with Crippen LogP contribution in [0.2, 0.25) is 0 Å². The van der Waals surface area contributed by atoms with E-state index < -0.39 is 15.8 Å². The Kier molecular flexibility index (Phi) is 2.53. The number of hydrogen-bond acceptors (Lipinski definition) is 3. The highest BCUT2D eigenvalue weighted by Gasteiger charge is 2.30. The van der Waals surface area contributed by atoms with Gasteiger partial charge in [0, 0.05) is 22.5 Å². The van der Waals surface area contributed by atoms with Crippen molar-refractivity contribution >= 4 is 26.6 Å². The van der Waals surface area contributed by atoms with E-state index in [2.05, 4.69) is 9.71 Å². The number of ether oxygens (including phenoxy) is 1. The van der Waals surface area contributed by atoms with Gasteiger partial charge in [0.2, 0.25) is 0 Å². The van der Waals surface area contributed by atoms with E-state index in [1.165, 1.54) is 25.3 Å². The number of H-pyrrole nitrogens is 1. The molecule has 0 aliphatic carbocycles. The van der Waals surface area contributed by atoms with Crippen molar-refractivity contribution in [2.75, 3.05) is 11.8 Å². The molecule has 0 amide bonds. The van der Waals surface area contributed by atoms with Gasteiger partial charge in [-0.25, -0.2) is 12.8 Å². The van der Waals surface area contributed by atoms with Gasteiger partial charge in [0.05, 0.1) is 18.5 Å². The number of rotatable bonds is 1. The molecule has 1 aromatic heterocycles. The van der Waals surface area contributed by atoms with Crippen LogP contribution in [0.25, 0.3) is 22.2 Å². The highest BCUT2D eigenvalue weighted by atomic mass is 32.2. The molecule has 0 atom stereocenters. The maximum Gasteiger partial charge on any atom is 0.262 e. The average Bonchev–Trinajstić information content (AvgIpc) is 2.84. The summed E-state index contributed by atoms with van der Waals surface area (Å²) in [6.45, 7) is 0. The molecule has 1 aliphatic heterocycles. The van der Waals surface area contributed by atoms with Crippen molar-refractivity contribution in [1.29, 1.82) is 0 Å². The molecule has 2 N–H and O–H groups in total. The number of aromatic amines is 1. The Bertz CT molecular complexity index is 1020. The maximum atomic E-state index is 13.5. The number of hydrogen-bond donors (Lipinski definition) is 2. The number of halogens is 1. The van der Waals surface area contributed by atoms with Crippen LogP contribution in [0, 0.1) is 5.82 Å². The van der Waals surface area contributed by atoms with Gasteiger partial charge in [0.25, 0.3) is 10.0 Å². The molecule has 0 unspecified atom stereocenters. The van der Waals surface area contributed by atoms with Crippen LogP contribution in [-0.4, -0.2) is 20.5 Å². The van der Waals surface area contributed by atoms with Gasteiger partial charge in [-0.15, -0.1) is 0 Å². The van der Waals surface area contributed by atoms with Crippen LogP contribution >= 0.6 is 0 Å². The molecular formula is C15H11FN2O3S. The van der Waals surface area contributed by atoms with E-state index >= 15 is 0 Å². The number of aromatic nitrogens is 1. The number of fused-ring (bicyclic) bond motifs is 5. The van der Waals surface area contributed by atoms with Crippen molar-refractivity contribution in [1.82, 2.24) is 4.98 Å². The largest absolute Gasteiger partial charge is 0.497 e. The molecular weight excluding hydrogens is 307 g/mol. The molecule has 0 saturated carbocycles. The lowest BCUT2D eigenvalue weighted by atomic mass is 10.1. The van der Waals surface area contributed by atoms with Crippen molar-refractivity contribution in [2.24, 2.45) is 0 Å². The second kappa shape index (κ2) is 4.23. The third-order valence-corrected chi connectivity index (χ3v) is 5.13. The zero-order valence-corrected chi connectivity index (χ0v) is 12.3. The molecule has 1 aliphatic rings. The maximum absolute atomic E-state index is 13.5. The second-order valence-corrected chi connectivity index (χ2v) is 6.68. The summed E-state index contributed by atoms with van der Waals surface area (Å²) in [7, 11) is -2.26. The minimum Gasteiger partial charge on any atom is -0.497 e. The first kappa shape index (κ1) is 13.1. The Hall–Kier alpha value is -2.54. The van der Waals surface area contributed by atoms with Crippen LogP contribution in [0.1, 0.15) is 0 Å². The van der Waals surface area contributed by atoms with Gasteiger partial charge in [0.1, 0.15) is 16.5 Å². The molecule has 4 rings (SSSR count). The summed E-state index contributed by atoms with van der Waals surface area (Å²) in [5.74, 6) is 0.0313. The molecule has 5 nitrogen and oxygen atoms in total. The third kappa shape index (κ3) is 1.72. The SMILES string of the molecule is COc1ccc2c(c1)S(=O)(=O)Nc1c-2[nH]c2ccc(F)cc12. The van der Waals surface area contributed by atoms with Gasteiger partial charge in [-0.1, -0.05) is 0 Å². The zero-order valence-electron chi connectivity index (χ0n) is 11.5. The van der Waals surface area contributed by atoms with Crippen molar-refractivity contribution in [3.63, 3.8) is 0 Å². The van der Waals surface area contributed by atoms with Crippen molar-refractivity contribution < 1.29 is 17.5 Å². The van der Waals surface area contributed by atoms with Crippen LogP contribution in [0.3, 0.4) is 0 Å². The van der Waals surface area contributed by atoms with E-state index in [0.717, 1.165) is 0 Å². The number of methoxy groups -OCH3 is 1. The molecule has 3 aromatic rings. The van der Waals surface area contributed by atoms with Crippen LogP contribution in [0.5, 0.6) is 5.75 Å². The minimum absolute atomic E-state index is 0.131. The predicted octanol–water partition coefficient (Wildman–Crippen LogP) is 3.10. The van der Waals surface area contributed by atoms with Gasteiger partial charge >= 0.3 is 0 Å². The highest BCUT2D eigenvalue weighted by Crippen LogP contribution is 2.44. The summed E-state index contributed by atoms with van der Waals surface area (Å²) in [6.07, 6.45) is 0. The molecule has 0 fully saturated rings. The smallest absolute Gasteiger partial charge is 0.262 e. The molecule has 7 heteroatoms. The topological polar surface area (TPSA) is 71.2 Å². The lowest BCUT2D eigenvalue weighted by molar-refractivity contribution is 0.413. The third-order valence-electron chi connectivity index (χ3n) is 3.74. The quantitative estimate of drug-likeness (QED) is 0.724. The van der Waals surface area contributed by atoms with Gasteiger partial charge < -0.3 is 9.72 Å². The first-order valence-corrected chi connectivity index (χ1v) is 8.00. The van der Waals surface area contributed by atoms with E-state index in [9.17, 15) is 12.8 Å². The molecule has 22 heavy (non-hydrogen) atoms. The fourth-order valence-corrected chi connectivity index (χ4v) is 4.04. The average molecular weight is 318 g/mol. The monoisotopic (exact) mass is 318 g/mol. The summed E-state index contributed by atoms with van der Waals surface area (Å²) in [6, 6.07) is 9.05. The lowest BCUT2D eigenvalue weighted by Crippen LogP contribution is -2.18. The summed E-state index contributed by atoms with van der Waals surface area (Å²) < 4.78 is 46.0. The van der Waals surface area contributed by atoms with Crippen LogP contribution in [0.15, 0.2) is 41.3 Å². The number of anilines is 1. The minimum atomic E-state index is -3.73. The molecule has 112 valence electrons. The zero-order chi connectivity index (χ0) is 15.5. The van der Waals surface area contributed by atoms with Crippen molar-refractivity contribution in [2.45, 2.75) is 4.90 Å². The second-order valence-electron chi connectivity index (χ2n) is 5.03. The summed E-state index contributed by atoms with van der Waals surface area (Å²) >= 11 is 0. The van der Waals surface area contributed by atoms with Gasteiger partial charge in [0.15, 0.2) is 0 Å². The lowest BCUT2D eigenvalue weighted by Gasteiger charge is -2.19. The fourth-order valence-electron chi connectivity index (χ4n) is 2.72. The van der Waals surface area contributed by atoms with Gasteiger partial charge in [-0.05, 0) is 30.3 Å². The van der Waals surface area contributed by atoms with Crippen LogP contribution in [-0.2, 0) is 10.0 Å². The normalized spacial score (nSPS) is 15.0. The van der Waals surface area contributed by atoms with Crippen molar-refractivity contribution in [3.8, 4) is 17.0 Å². The first-order valence-electron chi connectivity index (χ1n) is 6.52. The Morgan fingerprint density at radius 1 is 1.14 bits per heavy atom. The molecule has 2 heterocycles.